The minimum absolute atomic E-state index is 0.468. The van der Waals surface area contributed by atoms with E-state index in [4.69, 9.17) is 0 Å². The highest BCUT2D eigenvalue weighted by Crippen LogP contribution is 2.37. The summed E-state index contributed by atoms with van der Waals surface area (Å²) >= 11 is 0. The Labute approximate surface area is 89.7 Å². The van der Waals surface area contributed by atoms with Gasteiger partial charge in [0.2, 0.25) is 0 Å². The summed E-state index contributed by atoms with van der Waals surface area (Å²) in [6.45, 7) is 12.9. The third-order valence-corrected chi connectivity index (χ3v) is 3.52. The topological polar surface area (TPSA) is 12.0 Å². The lowest BCUT2D eigenvalue weighted by Crippen LogP contribution is -2.39. The predicted octanol–water partition coefficient (Wildman–Crippen LogP) is 3.59. The van der Waals surface area contributed by atoms with Gasteiger partial charge in [-0.3, -0.25) is 0 Å². The van der Waals surface area contributed by atoms with Crippen LogP contribution in [0.1, 0.15) is 60.3 Å². The summed E-state index contributed by atoms with van der Waals surface area (Å²) in [5.74, 6) is 0. The van der Waals surface area contributed by atoms with Crippen LogP contribution in [0.5, 0.6) is 0 Å². The SMILES string of the molecule is CC(C)(C)CCNC1CCCC1(C)C. The summed E-state index contributed by atoms with van der Waals surface area (Å²) in [6, 6.07) is 0.754. The Kier molecular flexibility index (Phi) is 3.63. The molecule has 1 atom stereocenters. The molecule has 0 heterocycles. The molecule has 1 nitrogen and oxygen atoms in total. The molecular formula is C13H27N. The molecule has 14 heavy (non-hydrogen) atoms. The highest BCUT2D eigenvalue weighted by Gasteiger charge is 2.33. The average Bonchev–Trinajstić information content (AvgIpc) is 2.28. The normalized spacial score (nSPS) is 26.8. The molecular weight excluding hydrogens is 170 g/mol. The Balaban J connectivity index is 2.25. The summed E-state index contributed by atoms with van der Waals surface area (Å²) in [4.78, 5) is 0. The zero-order valence-corrected chi connectivity index (χ0v) is 10.6. The maximum Gasteiger partial charge on any atom is 0.0118 e. The van der Waals surface area contributed by atoms with Crippen molar-refractivity contribution in [3.63, 3.8) is 0 Å². The predicted molar refractivity (Wildman–Crippen MR) is 63.5 cm³/mol. The van der Waals surface area contributed by atoms with Gasteiger partial charge in [0.05, 0.1) is 0 Å². The second-order valence-corrected chi connectivity index (χ2v) is 6.70. The van der Waals surface area contributed by atoms with Crippen LogP contribution in [-0.2, 0) is 0 Å². The van der Waals surface area contributed by atoms with Crippen LogP contribution in [0.4, 0.5) is 0 Å². The summed E-state index contributed by atoms with van der Waals surface area (Å²) in [5.41, 5.74) is 0.994. The average molecular weight is 197 g/mol. The fourth-order valence-corrected chi connectivity index (χ4v) is 2.33. The Morgan fingerprint density at radius 1 is 1.29 bits per heavy atom. The Morgan fingerprint density at radius 2 is 1.93 bits per heavy atom. The van der Waals surface area contributed by atoms with Gasteiger partial charge in [-0.05, 0) is 36.6 Å². The van der Waals surface area contributed by atoms with Gasteiger partial charge in [0.1, 0.15) is 0 Å². The molecule has 1 aliphatic rings. The van der Waals surface area contributed by atoms with Crippen molar-refractivity contribution < 1.29 is 0 Å². The molecule has 1 N–H and O–H groups in total. The number of hydrogen-bond donors (Lipinski definition) is 1. The zero-order valence-electron chi connectivity index (χ0n) is 10.6. The van der Waals surface area contributed by atoms with Crippen LogP contribution < -0.4 is 5.32 Å². The molecule has 1 heteroatoms. The van der Waals surface area contributed by atoms with E-state index >= 15 is 0 Å². The third kappa shape index (κ3) is 3.61. The first-order valence-electron chi connectivity index (χ1n) is 6.05. The lowest BCUT2D eigenvalue weighted by atomic mass is 9.86. The van der Waals surface area contributed by atoms with Crippen molar-refractivity contribution in [3.8, 4) is 0 Å². The van der Waals surface area contributed by atoms with Gasteiger partial charge in [-0.15, -0.1) is 0 Å². The first-order chi connectivity index (χ1) is 6.31. The standard InChI is InChI=1S/C13H27N/c1-12(2,3)9-10-14-11-7-6-8-13(11,4)5/h11,14H,6-10H2,1-5H3. The van der Waals surface area contributed by atoms with Crippen LogP contribution in [0.25, 0.3) is 0 Å². The van der Waals surface area contributed by atoms with Crippen LogP contribution in [0, 0.1) is 10.8 Å². The van der Waals surface area contributed by atoms with Gasteiger partial charge in [0, 0.05) is 6.04 Å². The minimum Gasteiger partial charge on any atom is -0.313 e. The van der Waals surface area contributed by atoms with E-state index in [0.29, 0.717) is 10.8 Å². The van der Waals surface area contributed by atoms with Crippen molar-refractivity contribution in [1.82, 2.24) is 5.32 Å². The van der Waals surface area contributed by atoms with Gasteiger partial charge < -0.3 is 5.32 Å². The molecule has 0 spiro atoms. The fourth-order valence-electron chi connectivity index (χ4n) is 2.33. The molecule has 1 unspecified atom stereocenters. The highest BCUT2D eigenvalue weighted by molar-refractivity contribution is 4.90. The van der Waals surface area contributed by atoms with Gasteiger partial charge in [-0.2, -0.15) is 0 Å². The maximum atomic E-state index is 3.73. The van der Waals surface area contributed by atoms with E-state index in [9.17, 15) is 0 Å². The van der Waals surface area contributed by atoms with E-state index in [1.807, 2.05) is 0 Å². The van der Waals surface area contributed by atoms with E-state index in [0.717, 1.165) is 6.04 Å². The number of rotatable bonds is 3. The molecule has 0 saturated heterocycles. The molecule has 1 fully saturated rings. The summed E-state index contributed by atoms with van der Waals surface area (Å²) in [6.07, 6.45) is 5.44. The van der Waals surface area contributed by atoms with Crippen molar-refractivity contribution in [2.24, 2.45) is 10.8 Å². The van der Waals surface area contributed by atoms with Crippen molar-refractivity contribution >= 4 is 0 Å². The molecule has 0 aromatic rings. The van der Waals surface area contributed by atoms with Gasteiger partial charge in [-0.25, -0.2) is 0 Å². The van der Waals surface area contributed by atoms with Gasteiger partial charge >= 0.3 is 0 Å². The van der Waals surface area contributed by atoms with Crippen molar-refractivity contribution in [2.75, 3.05) is 6.54 Å². The van der Waals surface area contributed by atoms with E-state index in [1.54, 1.807) is 0 Å². The highest BCUT2D eigenvalue weighted by atomic mass is 14.9. The lowest BCUT2D eigenvalue weighted by molar-refractivity contribution is 0.267. The first-order valence-corrected chi connectivity index (χ1v) is 6.05. The number of hydrogen-bond acceptors (Lipinski definition) is 1. The smallest absolute Gasteiger partial charge is 0.0118 e. The minimum atomic E-state index is 0.468. The summed E-state index contributed by atoms with van der Waals surface area (Å²) in [7, 11) is 0. The van der Waals surface area contributed by atoms with Crippen LogP contribution in [0.3, 0.4) is 0 Å². The second-order valence-electron chi connectivity index (χ2n) is 6.70. The zero-order chi connectivity index (χ0) is 10.8. The molecule has 1 rings (SSSR count). The molecule has 84 valence electrons. The molecule has 0 aliphatic heterocycles. The third-order valence-electron chi connectivity index (χ3n) is 3.52. The van der Waals surface area contributed by atoms with Gasteiger partial charge in [-0.1, -0.05) is 41.0 Å². The monoisotopic (exact) mass is 197 g/mol. The van der Waals surface area contributed by atoms with Crippen LogP contribution in [0.15, 0.2) is 0 Å². The Hall–Kier alpha value is -0.0400. The van der Waals surface area contributed by atoms with E-state index in [1.165, 1.54) is 32.2 Å². The van der Waals surface area contributed by atoms with E-state index < -0.39 is 0 Å². The molecule has 1 saturated carbocycles. The molecule has 0 aromatic heterocycles. The van der Waals surface area contributed by atoms with Crippen LogP contribution in [0.2, 0.25) is 0 Å². The molecule has 0 radical (unpaired) electrons. The Morgan fingerprint density at radius 3 is 2.36 bits per heavy atom. The van der Waals surface area contributed by atoms with E-state index in [2.05, 4.69) is 39.9 Å². The first kappa shape index (κ1) is 12.0. The Bertz CT molecular complexity index is 176. The quantitative estimate of drug-likeness (QED) is 0.729. The molecule has 0 aromatic carbocycles. The van der Waals surface area contributed by atoms with Crippen molar-refractivity contribution in [2.45, 2.75) is 66.3 Å². The summed E-state index contributed by atoms with van der Waals surface area (Å²) < 4.78 is 0. The fraction of sp³-hybridized carbons (Fsp3) is 1.00. The summed E-state index contributed by atoms with van der Waals surface area (Å²) in [5, 5.41) is 3.73. The van der Waals surface area contributed by atoms with Crippen LogP contribution >= 0.6 is 0 Å². The lowest BCUT2D eigenvalue weighted by Gasteiger charge is -2.29. The molecule has 0 bridgehead atoms. The molecule has 0 amide bonds. The van der Waals surface area contributed by atoms with Gasteiger partial charge in [0.15, 0.2) is 0 Å². The van der Waals surface area contributed by atoms with Gasteiger partial charge in [0.25, 0.3) is 0 Å². The largest absolute Gasteiger partial charge is 0.313 e. The number of nitrogens with one attached hydrogen (secondary N) is 1. The maximum absolute atomic E-state index is 3.73. The van der Waals surface area contributed by atoms with Crippen molar-refractivity contribution in [1.29, 1.82) is 0 Å². The molecule has 1 aliphatic carbocycles. The van der Waals surface area contributed by atoms with Crippen LogP contribution in [-0.4, -0.2) is 12.6 Å². The van der Waals surface area contributed by atoms with E-state index in [-0.39, 0.29) is 0 Å². The van der Waals surface area contributed by atoms with Crippen molar-refractivity contribution in [3.05, 3.63) is 0 Å². The second kappa shape index (κ2) is 4.22.